The van der Waals surface area contributed by atoms with Crippen LogP contribution < -0.4 is 11.0 Å². The van der Waals surface area contributed by atoms with Crippen molar-refractivity contribution in [2.45, 2.75) is 38.6 Å². The van der Waals surface area contributed by atoms with Crippen LogP contribution in [-0.2, 0) is 0 Å². The zero-order valence-corrected chi connectivity index (χ0v) is 13.9. The van der Waals surface area contributed by atoms with Crippen LogP contribution in [0.4, 0.5) is 16.0 Å². The van der Waals surface area contributed by atoms with Crippen LogP contribution in [0.3, 0.4) is 0 Å². The highest BCUT2D eigenvalue weighted by Crippen LogP contribution is 2.30. The summed E-state index contributed by atoms with van der Waals surface area (Å²) in [4.78, 5) is 25.1. The van der Waals surface area contributed by atoms with Crippen LogP contribution in [0.1, 0.15) is 37.3 Å². The molecule has 0 radical (unpaired) electrons. The summed E-state index contributed by atoms with van der Waals surface area (Å²) in [7, 11) is 0. The molecule has 1 aliphatic rings. The summed E-state index contributed by atoms with van der Waals surface area (Å²) in [5, 5.41) is 3.81. The lowest BCUT2D eigenvalue weighted by Crippen LogP contribution is -2.26. The fraction of sp³-hybridized carbons (Fsp3) is 0.333. The maximum atomic E-state index is 13.4. The number of halogens is 1. The number of aromatic nitrogens is 4. The predicted octanol–water partition coefficient (Wildman–Crippen LogP) is 3.49. The number of nitrogens with zero attached hydrogens (tertiary/aromatic N) is 4. The minimum Gasteiger partial charge on any atom is -0.324 e. The fourth-order valence-corrected chi connectivity index (χ4v) is 3.35. The number of benzene rings is 1. The molecule has 128 valence electrons. The molecule has 1 fully saturated rings. The van der Waals surface area contributed by atoms with Crippen LogP contribution in [-0.4, -0.2) is 19.5 Å². The van der Waals surface area contributed by atoms with Crippen molar-refractivity contribution in [2.24, 2.45) is 0 Å². The molecule has 0 amide bonds. The Kier molecular flexibility index (Phi) is 3.91. The van der Waals surface area contributed by atoms with E-state index in [2.05, 4.69) is 20.3 Å². The fourth-order valence-electron chi connectivity index (χ4n) is 3.35. The molecule has 6 nitrogen and oxygen atoms in total. The van der Waals surface area contributed by atoms with Crippen LogP contribution in [0.2, 0.25) is 0 Å². The Morgan fingerprint density at radius 3 is 2.72 bits per heavy atom. The zero-order valence-electron chi connectivity index (χ0n) is 13.9. The van der Waals surface area contributed by atoms with Gasteiger partial charge in [-0.25, -0.2) is 19.2 Å². The third-order valence-corrected chi connectivity index (χ3v) is 4.65. The van der Waals surface area contributed by atoms with Crippen LogP contribution >= 0.6 is 0 Å². The smallest absolute Gasteiger partial charge is 0.324 e. The first kappa shape index (κ1) is 15.7. The molecule has 2 aromatic heterocycles. The molecule has 0 atom stereocenters. The number of hydrogen-bond acceptors (Lipinski definition) is 5. The lowest BCUT2D eigenvalue weighted by atomic mass is 10.2. The summed E-state index contributed by atoms with van der Waals surface area (Å²) >= 11 is 0. The lowest BCUT2D eigenvalue weighted by Gasteiger charge is -2.15. The molecule has 0 saturated heterocycles. The highest BCUT2D eigenvalue weighted by molar-refractivity contribution is 5.74. The van der Waals surface area contributed by atoms with Crippen LogP contribution in [0.25, 0.3) is 11.0 Å². The van der Waals surface area contributed by atoms with Crippen molar-refractivity contribution < 1.29 is 4.39 Å². The van der Waals surface area contributed by atoms with Crippen molar-refractivity contribution in [3.8, 4) is 0 Å². The van der Waals surface area contributed by atoms with E-state index in [0.717, 1.165) is 31.1 Å². The van der Waals surface area contributed by atoms with Crippen LogP contribution in [0.15, 0.2) is 35.4 Å². The van der Waals surface area contributed by atoms with Gasteiger partial charge in [0.25, 0.3) is 0 Å². The molecule has 7 heteroatoms. The molecular weight excluding hydrogens is 321 g/mol. The number of nitrogens with one attached hydrogen (secondary N) is 1. The van der Waals surface area contributed by atoms with Crippen LogP contribution in [0, 0.1) is 12.7 Å². The molecular formula is C18H18FN5O. The predicted molar refractivity (Wildman–Crippen MR) is 93.5 cm³/mol. The van der Waals surface area contributed by atoms with Crippen molar-refractivity contribution in [3.63, 3.8) is 0 Å². The molecule has 0 spiro atoms. The Bertz CT molecular complexity index is 994. The Morgan fingerprint density at radius 2 is 1.96 bits per heavy atom. The van der Waals surface area contributed by atoms with Gasteiger partial charge in [-0.3, -0.25) is 4.57 Å². The van der Waals surface area contributed by atoms with Gasteiger partial charge in [0.2, 0.25) is 5.95 Å². The molecule has 3 aromatic rings. The standard InChI is InChI=1S/C18H18FN5O/c1-11-8-13(6-7-15(11)19)22-17-20-9-12-10-21-18(25)24(16(12)23-17)14-4-2-3-5-14/h6-10,14H,2-5H2,1H3,(H,20,22,23). The monoisotopic (exact) mass is 339 g/mol. The molecule has 0 bridgehead atoms. The topological polar surface area (TPSA) is 72.7 Å². The van der Waals surface area contributed by atoms with Crippen molar-refractivity contribution in [3.05, 3.63) is 52.5 Å². The van der Waals surface area contributed by atoms with Crippen molar-refractivity contribution in [2.75, 3.05) is 5.32 Å². The molecule has 1 aromatic carbocycles. The first-order chi connectivity index (χ1) is 12.1. The highest BCUT2D eigenvalue weighted by atomic mass is 19.1. The molecule has 0 unspecified atom stereocenters. The van der Waals surface area contributed by atoms with Gasteiger partial charge in [0.05, 0.1) is 5.39 Å². The minimum absolute atomic E-state index is 0.138. The van der Waals surface area contributed by atoms with Gasteiger partial charge in [0.15, 0.2) is 5.65 Å². The van der Waals surface area contributed by atoms with E-state index >= 15 is 0 Å². The first-order valence-corrected chi connectivity index (χ1v) is 8.39. The Balaban J connectivity index is 1.77. The first-order valence-electron chi connectivity index (χ1n) is 8.39. The minimum atomic E-state index is -0.276. The molecule has 4 rings (SSSR count). The van der Waals surface area contributed by atoms with E-state index in [4.69, 9.17) is 0 Å². The molecule has 2 heterocycles. The van der Waals surface area contributed by atoms with Crippen LogP contribution in [0.5, 0.6) is 0 Å². The summed E-state index contributed by atoms with van der Waals surface area (Å²) in [6.07, 6.45) is 7.31. The Morgan fingerprint density at radius 1 is 1.20 bits per heavy atom. The van der Waals surface area contributed by atoms with E-state index in [-0.39, 0.29) is 17.5 Å². The summed E-state index contributed by atoms with van der Waals surface area (Å²) in [5.74, 6) is 0.113. The largest absolute Gasteiger partial charge is 0.349 e. The Labute approximate surface area is 143 Å². The van der Waals surface area contributed by atoms with E-state index in [9.17, 15) is 9.18 Å². The van der Waals surface area contributed by atoms with Gasteiger partial charge in [-0.05, 0) is 43.5 Å². The molecule has 25 heavy (non-hydrogen) atoms. The average Bonchev–Trinajstić information content (AvgIpc) is 3.12. The number of rotatable bonds is 3. The molecule has 0 aliphatic heterocycles. The number of fused-ring (bicyclic) bond motifs is 1. The molecule has 1 N–H and O–H groups in total. The maximum absolute atomic E-state index is 13.4. The van der Waals surface area contributed by atoms with E-state index < -0.39 is 0 Å². The third-order valence-electron chi connectivity index (χ3n) is 4.65. The number of aryl methyl sites for hydroxylation is 1. The van der Waals surface area contributed by atoms with Gasteiger partial charge < -0.3 is 5.32 Å². The second-order valence-corrected chi connectivity index (χ2v) is 6.41. The van der Waals surface area contributed by atoms with Gasteiger partial charge in [0.1, 0.15) is 5.82 Å². The lowest BCUT2D eigenvalue weighted by molar-refractivity contribution is 0.506. The van der Waals surface area contributed by atoms with E-state index in [1.165, 1.54) is 12.3 Å². The van der Waals surface area contributed by atoms with Crippen molar-refractivity contribution >= 4 is 22.7 Å². The number of hydrogen-bond donors (Lipinski definition) is 1. The average molecular weight is 339 g/mol. The summed E-state index contributed by atoms with van der Waals surface area (Å²) in [6, 6.07) is 4.86. The second-order valence-electron chi connectivity index (χ2n) is 6.41. The SMILES string of the molecule is Cc1cc(Nc2ncc3cnc(=O)n(C4CCCC4)c3n2)ccc1F. The van der Waals surface area contributed by atoms with Gasteiger partial charge in [0, 0.05) is 24.1 Å². The van der Waals surface area contributed by atoms with Gasteiger partial charge in [-0.15, -0.1) is 0 Å². The highest BCUT2D eigenvalue weighted by Gasteiger charge is 2.21. The summed E-state index contributed by atoms with van der Waals surface area (Å²) in [5.41, 5.74) is 1.55. The second kappa shape index (κ2) is 6.23. The van der Waals surface area contributed by atoms with E-state index in [1.807, 2.05) is 0 Å². The molecule has 1 saturated carbocycles. The van der Waals surface area contributed by atoms with Gasteiger partial charge >= 0.3 is 5.69 Å². The van der Waals surface area contributed by atoms with Gasteiger partial charge in [-0.1, -0.05) is 12.8 Å². The van der Waals surface area contributed by atoms with Crippen molar-refractivity contribution in [1.82, 2.24) is 19.5 Å². The number of anilines is 2. The maximum Gasteiger partial charge on any atom is 0.349 e. The van der Waals surface area contributed by atoms with E-state index in [0.29, 0.717) is 22.8 Å². The summed E-state index contributed by atoms with van der Waals surface area (Å²) < 4.78 is 15.1. The molecule has 1 aliphatic carbocycles. The van der Waals surface area contributed by atoms with Gasteiger partial charge in [-0.2, -0.15) is 4.98 Å². The normalized spacial score (nSPS) is 15.0. The zero-order chi connectivity index (χ0) is 17.4. The quantitative estimate of drug-likeness (QED) is 0.791. The summed E-state index contributed by atoms with van der Waals surface area (Å²) in [6.45, 7) is 1.70. The van der Waals surface area contributed by atoms with E-state index in [1.54, 1.807) is 29.8 Å². The third kappa shape index (κ3) is 2.97. The van der Waals surface area contributed by atoms with Crippen molar-refractivity contribution in [1.29, 1.82) is 0 Å². The Hall–Kier alpha value is -2.83.